The Labute approximate surface area is 172 Å². The average Bonchev–Trinajstić information content (AvgIpc) is 3.31. The first-order chi connectivity index (χ1) is 13.9. The summed E-state index contributed by atoms with van der Waals surface area (Å²) in [5, 5.41) is 3.03. The fourth-order valence-electron chi connectivity index (χ4n) is 4.58. The van der Waals surface area contributed by atoms with E-state index in [2.05, 4.69) is 19.2 Å². The van der Waals surface area contributed by atoms with E-state index >= 15 is 0 Å². The lowest BCUT2D eigenvalue weighted by Gasteiger charge is -2.41. The van der Waals surface area contributed by atoms with Crippen LogP contribution < -0.4 is 5.32 Å². The molecule has 3 heterocycles. The van der Waals surface area contributed by atoms with Gasteiger partial charge in [-0.15, -0.1) is 0 Å². The molecule has 0 unspecified atom stereocenters. The van der Waals surface area contributed by atoms with Gasteiger partial charge >= 0.3 is 6.03 Å². The predicted octanol–water partition coefficient (Wildman–Crippen LogP) is 3.55. The van der Waals surface area contributed by atoms with Crippen molar-refractivity contribution >= 4 is 17.8 Å². The molecule has 0 saturated carbocycles. The molecule has 7 heteroatoms. The number of imide groups is 1. The van der Waals surface area contributed by atoms with Crippen molar-refractivity contribution in [3.05, 3.63) is 24.2 Å². The zero-order valence-corrected chi connectivity index (χ0v) is 17.8. The maximum absolute atomic E-state index is 13.4. The number of nitrogens with zero attached hydrogens (tertiary/aromatic N) is 2. The van der Waals surface area contributed by atoms with Gasteiger partial charge in [0.15, 0.2) is 0 Å². The van der Waals surface area contributed by atoms with Gasteiger partial charge in [0.25, 0.3) is 5.91 Å². The molecule has 7 nitrogen and oxygen atoms in total. The minimum Gasteiger partial charge on any atom is -0.467 e. The van der Waals surface area contributed by atoms with Crippen LogP contribution in [0.25, 0.3) is 0 Å². The van der Waals surface area contributed by atoms with E-state index in [-0.39, 0.29) is 30.3 Å². The lowest BCUT2D eigenvalue weighted by Crippen LogP contribution is -2.56. The molecular formula is C22H33N3O4. The van der Waals surface area contributed by atoms with Crippen molar-refractivity contribution in [2.75, 3.05) is 13.1 Å². The number of likely N-dealkylation sites (tertiary alicyclic amines) is 1. The Hall–Kier alpha value is -2.31. The van der Waals surface area contributed by atoms with Gasteiger partial charge in [-0.05, 0) is 43.2 Å². The molecular weight excluding hydrogens is 370 g/mol. The van der Waals surface area contributed by atoms with E-state index in [1.807, 2.05) is 11.8 Å². The summed E-state index contributed by atoms with van der Waals surface area (Å²) in [5.74, 6) is 1.05. The molecule has 2 fully saturated rings. The summed E-state index contributed by atoms with van der Waals surface area (Å²) < 4.78 is 5.33. The Morgan fingerprint density at radius 1 is 1.31 bits per heavy atom. The second kappa shape index (κ2) is 9.01. The number of hydrogen-bond acceptors (Lipinski definition) is 4. The van der Waals surface area contributed by atoms with E-state index in [4.69, 9.17) is 4.42 Å². The van der Waals surface area contributed by atoms with Gasteiger partial charge in [0.05, 0.1) is 12.8 Å². The van der Waals surface area contributed by atoms with Gasteiger partial charge < -0.3 is 14.6 Å². The molecule has 0 aromatic carbocycles. The van der Waals surface area contributed by atoms with Gasteiger partial charge in [0, 0.05) is 19.5 Å². The number of urea groups is 1. The van der Waals surface area contributed by atoms with Crippen molar-refractivity contribution in [1.29, 1.82) is 0 Å². The summed E-state index contributed by atoms with van der Waals surface area (Å²) in [5.41, 5.74) is -0.871. The van der Waals surface area contributed by atoms with E-state index in [1.165, 1.54) is 4.90 Å². The smallest absolute Gasteiger partial charge is 0.325 e. The van der Waals surface area contributed by atoms with Crippen LogP contribution in [-0.4, -0.2) is 46.3 Å². The first-order valence-electron chi connectivity index (χ1n) is 10.9. The molecule has 29 heavy (non-hydrogen) atoms. The number of rotatable bonds is 8. The Morgan fingerprint density at radius 3 is 2.62 bits per heavy atom. The number of piperidine rings is 1. The van der Waals surface area contributed by atoms with E-state index < -0.39 is 5.54 Å². The normalized spacial score (nSPS) is 24.1. The van der Waals surface area contributed by atoms with Crippen molar-refractivity contribution < 1.29 is 18.8 Å². The number of carbonyl (C=O) groups is 3. The molecule has 2 aliphatic heterocycles. The highest BCUT2D eigenvalue weighted by atomic mass is 16.3. The second-order valence-corrected chi connectivity index (χ2v) is 8.49. The number of carbonyl (C=O) groups excluding carboxylic acids is 3. The summed E-state index contributed by atoms with van der Waals surface area (Å²) in [7, 11) is 0. The van der Waals surface area contributed by atoms with Crippen LogP contribution in [0.3, 0.4) is 0 Å². The Balaban J connectivity index is 1.69. The highest BCUT2D eigenvalue weighted by molar-refractivity contribution is 6.07. The maximum atomic E-state index is 13.4. The van der Waals surface area contributed by atoms with Crippen LogP contribution in [0.15, 0.2) is 22.8 Å². The van der Waals surface area contributed by atoms with Crippen molar-refractivity contribution in [3.63, 3.8) is 0 Å². The molecule has 0 bridgehead atoms. The zero-order valence-electron chi connectivity index (χ0n) is 17.8. The average molecular weight is 404 g/mol. The summed E-state index contributed by atoms with van der Waals surface area (Å²) in [6.07, 6.45) is 5.98. The minimum absolute atomic E-state index is 0.0353. The SMILES string of the molecule is CCC[C@@]1(C2CCN(C(=O)C[C@@H](C)CC)CC2)NC(=O)N(Cc2ccco2)C1=O. The van der Waals surface area contributed by atoms with E-state index in [9.17, 15) is 14.4 Å². The summed E-state index contributed by atoms with van der Waals surface area (Å²) in [6, 6.07) is 3.16. The molecule has 2 atom stereocenters. The maximum Gasteiger partial charge on any atom is 0.325 e. The molecule has 1 N–H and O–H groups in total. The van der Waals surface area contributed by atoms with E-state index in [0.29, 0.717) is 37.6 Å². The van der Waals surface area contributed by atoms with Crippen LogP contribution in [0.1, 0.15) is 65.1 Å². The number of hydrogen-bond donors (Lipinski definition) is 1. The van der Waals surface area contributed by atoms with Gasteiger partial charge in [0.2, 0.25) is 5.91 Å². The molecule has 0 aliphatic carbocycles. The number of nitrogens with one attached hydrogen (secondary N) is 1. The zero-order chi connectivity index (χ0) is 21.0. The van der Waals surface area contributed by atoms with Gasteiger partial charge in [-0.3, -0.25) is 14.5 Å². The molecule has 2 aliphatic rings. The number of furan rings is 1. The standard InChI is InChI=1S/C22H33N3O4/c1-4-10-22(17-8-11-24(12-9-17)19(26)14-16(3)5-2)20(27)25(21(28)23-22)15-18-7-6-13-29-18/h6-7,13,16-17H,4-5,8-12,14-15H2,1-3H3,(H,23,28)/t16-,22-/m0/s1. The first-order valence-corrected chi connectivity index (χ1v) is 10.9. The van der Waals surface area contributed by atoms with Gasteiger partial charge in [-0.1, -0.05) is 33.6 Å². The monoisotopic (exact) mass is 403 g/mol. The van der Waals surface area contributed by atoms with Crippen LogP contribution in [-0.2, 0) is 16.1 Å². The molecule has 0 spiro atoms. The highest BCUT2D eigenvalue weighted by Crippen LogP contribution is 2.37. The van der Waals surface area contributed by atoms with Gasteiger partial charge in [-0.2, -0.15) is 0 Å². The fraction of sp³-hybridized carbons (Fsp3) is 0.682. The quantitative estimate of drug-likeness (QED) is 0.673. The highest BCUT2D eigenvalue weighted by Gasteiger charge is 2.55. The third-order valence-corrected chi connectivity index (χ3v) is 6.50. The third kappa shape index (κ3) is 4.33. The van der Waals surface area contributed by atoms with Crippen molar-refractivity contribution in [2.45, 2.75) is 71.4 Å². The third-order valence-electron chi connectivity index (χ3n) is 6.50. The predicted molar refractivity (Wildman–Crippen MR) is 109 cm³/mol. The lowest BCUT2D eigenvalue weighted by atomic mass is 9.74. The molecule has 0 radical (unpaired) electrons. The second-order valence-electron chi connectivity index (χ2n) is 8.49. The van der Waals surface area contributed by atoms with Crippen molar-refractivity contribution in [1.82, 2.24) is 15.1 Å². The minimum atomic E-state index is -0.871. The first kappa shape index (κ1) is 21.4. The van der Waals surface area contributed by atoms with Crippen LogP contribution in [0.4, 0.5) is 4.79 Å². The Bertz CT molecular complexity index is 724. The summed E-state index contributed by atoms with van der Waals surface area (Å²) in [6.45, 7) is 7.67. The van der Waals surface area contributed by atoms with Crippen molar-refractivity contribution in [3.8, 4) is 0 Å². The topological polar surface area (TPSA) is 82.9 Å². The van der Waals surface area contributed by atoms with E-state index in [1.54, 1.807) is 18.4 Å². The summed E-state index contributed by atoms with van der Waals surface area (Å²) in [4.78, 5) is 41.7. The molecule has 160 valence electrons. The van der Waals surface area contributed by atoms with Crippen LogP contribution >= 0.6 is 0 Å². The van der Waals surface area contributed by atoms with Gasteiger partial charge in [0.1, 0.15) is 11.3 Å². The summed E-state index contributed by atoms with van der Waals surface area (Å²) >= 11 is 0. The molecule has 2 saturated heterocycles. The Morgan fingerprint density at radius 2 is 2.03 bits per heavy atom. The fourth-order valence-corrected chi connectivity index (χ4v) is 4.58. The number of amides is 4. The molecule has 1 aromatic rings. The van der Waals surface area contributed by atoms with Crippen LogP contribution in [0.5, 0.6) is 0 Å². The van der Waals surface area contributed by atoms with Crippen LogP contribution in [0.2, 0.25) is 0 Å². The van der Waals surface area contributed by atoms with Crippen LogP contribution in [0, 0.1) is 11.8 Å². The molecule has 3 rings (SSSR count). The lowest BCUT2D eigenvalue weighted by molar-refractivity contribution is -0.137. The molecule has 1 aromatic heterocycles. The largest absolute Gasteiger partial charge is 0.467 e. The van der Waals surface area contributed by atoms with E-state index in [0.717, 1.165) is 25.7 Å². The van der Waals surface area contributed by atoms with Crippen molar-refractivity contribution in [2.24, 2.45) is 11.8 Å². The van der Waals surface area contributed by atoms with Gasteiger partial charge in [-0.25, -0.2) is 4.79 Å². The molecule has 4 amide bonds. The Kier molecular flexibility index (Phi) is 6.65.